The Hall–Kier alpha value is -3.46. The normalized spacial score (nSPS) is 25.9. The van der Waals surface area contributed by atoms with E-state index in [4.69, 9.17) is 4.98 Å². The van der Waals surface area contributed by atoms with Gasteiger partial charge in [0.1, 0.15) is 5.52 Å². The molecule has 0 spiro atoms. The third-order valence-corrected chi connectivity index (χ3v) is 10.3. The molecule has 9 nitrogen and oxygen atoms in total. The Morgan fingerprint density at radius 2 is 1.80 bits per heavy atom. The number of hydrogen-bond donors (Lipinski definition) is 2. The molecule has 1 amide bonds. The summed E-state index contributed by atoms with van der Waals surface area (Å²) in [6.45, 7) is 9.10. The summed E-state index contributed by atoms with van der Waals surface area (Å²) in [5.41, 5.74) is 4.35. The third-order valence-electron chi connectivity index (χ3n) is 10.3. The van der Waals surface area contributed by atoms with Crippen LogP contribution in [0.3, 0.4) is 0 Å². The lowest BCUT2D eigenvalue weighted by Gasteiger charge is -2.64. The molecule has 41 heavy (non-hydrogen) atoms. The smallest absolute Gasteiger partial charge is 0.327 e. The van der Waals surface area contributed by atoms with E-state index in [2.05, 4.69) is 58.0 Å². The molecular formula is C32H41N7O2. The van der Waals surface area contributed by atoms with Crippen LogP contribution in [0.25, 0.3) is 11.2 Å². The van der Waals surface area contributed by atoms with Gasteiger partial charge in [0.15, 0.2) is 5.65 Å². The lowest BCUT2D eigenvalue weighted by Crippen LogP contribution is -2.55. The molecule has 5 aliphatic rings. The zero-order valence-electron chi connectivity index (χ0n) is 24.0. The standard InChI is InChI=1S/C32H41N7O2/c1-3-28(40)38-14-12-37(13-15-38)27(19-32-16-22(17-32)18-32)24-10-8-23(9-11-24)21(2)34-30-33-20-26-29(36-30)39(31(41)35-26)25-6-4-5-7-25/h3,8-11,20-22,25,27H,1,4-7,12-19H2,2H3,(H,35,41)(H,33,34,36)/t21-,22?,27?,32?/m0/s1. The lowest BCUT2D eigenvalue weighted by atomic mass is 9.42. The molecular weight excluding hydrogens is 514 g/mol. The van der Waals surface area contributed by atoms with Crippen LogP contribution >= 0.6 is 0 Å². The molecule has 3 heterocycles. The molecule has 4 saturated carbocycles. The van der Waals surface area contributed by atoms with Crippen molar-refractivity contribution in [3.63, 3.8) is 0 Å². The number of carbonyl (C=O) groups excluding carboxylic acids is 1. The molecule has 3 aromatic rings. The van der Waals surface area contributed by atoms with E-state index < -0.39 is 0 Å². The van der Waals surface area contributed by atoms with Crippen molar-refractivity contribution >= 4 is 23.0 Å². The SMILES string of the molecule is C=CC(=O)N1CCN(C(CC23CC(C2)C3)c2ccc([C@H](C)Nc3ncc4[nH]c(=O)n(C5CCCC5)c4n3)cc2)CC1. The van der Waals surface area contributed by atoms with Crippen molar-refractivity contribution in [3.05, 3.63) is 64.7 Å². The zero-order valence-corrected chi connectivity index (χ0v) is 24.0. The van der Waals surface area contributed by atoms with E-state index >= 15 is 0 Å². The Morgan fingerprint density at radius 3 is 2.44 bits per heavy atom. The van der Waals surface area contributed by atoms with Crippen LogP contribution < -0.4 is 11.0 Å². The molecule has 1 aromatic carbocycles. The van der Waals surface area contributed by atoms with Gasteiger partial charge in [0.25, 0.3) is 0 Å². The number of rotatable bonds is 9. The van der Waals surface area contributed by atoms with E-state index in [0.717, 1.165) is 57.8 Å². The molecule has 2 atom stereocenters. The van der Waals surface area contributed by atoms with Gasteiger partial charge in [0.05, 0.1) is 12.2 Å². The molecule has 5 fully saturated rings. The topological polar surface area (TPSA) is 99.2 Å². The van der Waals surface area contributed by atoms with Crippen LogP contribution in [0.2, 0.25) is 0 Å². The number of anilines is 1. The highest BCUT2D eigenvalue weighted by molar-refractivity contribution is 5.87. The summed E-state index contributed by atoms with van der Waals surface area (Å²) in [5, 5.41) is 3.47. The molecule has 2 N–H and O–H groups in total. The Balaban J connectivity index is 1.07. The van der Waals surface area contributed by atoms with E-state index in [0.29, 0.717) is 28.6 Å². The van der Waals surface area contributed by atoms with Gasteiger partial charge in [-0.05, 0) is 74.0 Å². The van der Waals surface area contributed by atoms with Gasteiger partial charge in [-0.2, -0.15) is 4.98 Å². The van der Waals surface area contributed by atoms with E-state index in [1.807, 2.05) is 9.47 Å². The maximum atomic E-state index is 12.6. The van der Waals surface area contributed by atoms with Crippen LogP contribution in [0.1, 0.15) is 87.5 Å². The van der Waals surface area contributed by atoms with E-state index in [1.54, 1.807) is 6.20 Å². The van der Waals surface area contributed by atoms with Crippen LogP contribution in [0.5, 0.6) is 0 Å². The number of benzene rings is 1. The first-order valence-corrected chi connectivity index (χ1v) is 15.4. The predicted octanol–water partition coefficient (Wildman–Crippen LogP) is 4.97. The zero-order chi connectivity index (χ0) is 28.1. The lowest BCUT2D eigenvalue weighted by molar-refractivity contribution is -0.134. The summed E-state index contributed by atoms with van der Waals surface area (Å²) >= 11 is 0. The van der Waals surface area contributed by atoms with E-state index in [1.165, 1.54) is 42.9 Å². The number of carbonyl (C=O) groups is 1. The summed E-state index contributed by atoms with van der Waals surface area (Å²) in [6, 6.07) is 9.63. The van der Waals surface area contributed by atoms with Crippen LogP contribution in [0.15, 0.2) is 47.9 Å². The average molecular weight is 556 g/mol. The van der Waals surface area contributed by atoms with Gasteiger partial charge in [-0.15, -0.1) is 0 Å². The highest BCUT2D eigenvalue weighted by Crippen LogP contribution is 2.68. The van der Waals surface area contributed by atoms with Gasteiger partial charge >= 0.3 is 5.69 Å². The Labute approximate surface area is 241 Å². The fraction of sp³-hybridized carbons (Fsp3) is 0.562. The largest absolute Gasteiger partial charge is 0.348 e. The number of fused-ring (bicyclic) bond motifs is 1. The van der Waals surface area contributed by atoms with Gasteiger partial charge < -0.3 is 15.2 Å². The number of amides is 1. The highest BCUT2D eigenvalue weighted by Gasteiger charge is 2.57. The van der Waals surface area contributed by atoms with Crippen molar-refractivity contribution in [2.24, 2.45) is 11.3 Å². The third kappa shape index (κ3) is 4.88. The number of aromatic nitrogens is 4. The van der Waals surface area contributed by atoms with E-state index in [-0.39, 0.29) is 23.7 Å². The second-order valence-corrected chi connectivity index (χ2v) is 13.0. The molecule has 2 aromatic heterocycles. The number of H-pyrrole nitrogens is 1. The van der Waals surface area contributed by atoms with Crippen molar-refractivity contribution < 1.29 is 4.79 Å². The molecule has 216 valence electrons. The maximum Gasteiger partial charge on any atom is 0.327 e. The molecule has 1 unspecified atom stereocenters. The highest BCUT2D eigenvalue weighted by atomic mass is 16.2. The molecule has 9 heteroatoms. The van der Waals surface area contributed by atoms with Crippen LogP contribution in [0, 0.1) is 11.3 Å². The quantitative estimate of drug-likeness (QED) is 0.362. The summed E-state index contributed by atoms with van der Waals surface area (Å²) in [4.78, 5) is 41.5. The van der Waals surface area contributed by atoms with E-state index in [9.17, 15) is 9.59 Å². The Kier molecular flexibility index (Phi) is 6.72. The maximum absolute atomic E-state index is 12.6. The number of piperazine rings is 1. The van der Waals surface area contributed by atoms with Gasteiger partial charge in [-0.1, -0.05) is 43.7 Å². The molecule has 1 aliphatic heterocycles. The van der Waals surface area contributed by atoms with Gasteiger partial charge in [0, 0.05) is 38.3 Å². The second kappa shape index (κ2) is 10.4. The predicted molar refractivity (Wildman–Crippen MR) is 160 cm³/mol. The minimum Gasteiger partial charge on any atom is -0.348 e. The van der Waals surface area contributed by atoms with Gasteiger partial charge in [0.2, 0.25) is 11.9 Å². The minimum atomic E-state index is -0.0934. The Morgan fingerprint density at radius 1 is 1.12 bits per heavy atom. The monoisotopic (exact) mass is 555 g/mol. The van der Waals surface area contributed by atoms with Crippen molar-refractivity contribution in [3.8, 4) is 0 Å². The summed E-state index contributed by atoms with van der Waals surface area (Å²) in [7, 11) is 0. The van der Waals surface area contributed by atoms with Crippen molar-refractivity contribution in [1.82, 2.24) is 29.3 Å². The second-order valence-electron chi connectivity index (χ2n) is 13.0. The van der Waals surface area contributed by atoms with Crippen LogP contribution in [-0.2, 0) is 4.79 Å². The summed E-state index contributed by atoms with van der Waals surface area (Å²) in [5.74, 6) is 1.54. The molecule has 8 rings (SSSR count). The van der Waals surface area contributed by atoms with Crippen LogP contribution in [0.4, 0.5) is 5.95 Å². The van der Waals surface area contributed by atoms with Crippen molar-refractivity contribution in [2.75, 3.05) is 31.5 Å². The van der Waals surface area contributed by atoms with Crippen molar-refractivity contribution in [2.45, 2.75) is 76.4 Å². The van der Waals surface area contributed by atoms with Crippen molar-refractivity contribution in [1.29, 1.82) is 0 Å². The summed E-state index contributed by atoms with van der Waals surface area (Å²) in [6.07, 6.45) is 12.9. The summed E-state index contributed by atoms with van der Waals surface area (Å²) < 4.78 is 1.83. The van der Waals surface area contributed by atoms with Gasteiger partial charge in [-0.3, -0.25) is 14.3 Å². The number of hydrogen-bond acceptors (Lipinski definition) is 6. The molecule has 1 saturated heterocycles. The number of nitrogens with zero attached hydrogens (tertiary/aromatic N) is 5. The molecule has 4 aliphatic carbocycles. The fourth-order valence-corrected chi connectivity index (χ4v) is 7.93. The number of aromatic amines is 1. The van der Waals surface area contributed by atoms with Crippen LogP contribution in [-0.4, -0.2) is 61.4 Å². The fourth-order valence-electron chi connectivity index (χ4n) is 7.93. The number of nitrogens with one attached hydrogen (secondary N) is 2. The minimum absolute atomic E-state index is 0.0108. The first-order chi connectivity index (χ1) is 19.9. The first-order valence-electron chi connectivity index (χ1n) is 15.4. The molecule has 2 bridgehead atoms. The first kappa shape index (κ1) is 26.4. The Bertz CT molecular complexity index is 1480. The van der Waals surface area contributed by atoms with Gasteiger partial charge in [-0.25, -0.2) is 9.78 Å². The molecule has 0 radical (unpaired) electrons. The average Bonchev–Trinajstić information content (AvgIpc) is 3.58. The number of imidazole rings is 1.